The van der Waals surface area contributed by atoms with Gasteiger partial charge in [-0.1, -0.05) is 18.2 Å². The fraction of sp³-hybridized carbons (Fsp3) is 0.421. The summed E-state index contributed by atoms with van der Waals surface area (Å²) in [4.78, 5) is 25.2. The number of nitrogens with one attached hydrogen (secondary N) is 1. The third-order valence-electron chi connectivity index (χ3n) is 4.68. The molecule has 1 amide bonds. The van der Waals surface area contributed by atoms with Crippen LogP contribution in [0.15, 0.2) is 48.9 Å². The fourth-order valence-electron chi connectivity index (χ4n) is 3.13. The number of carbonyl (C=O) groups is 1. The van der Waals surface area contributed by atoms with Gasteiger partial charge >= 0.3 is 0 Å². The molecule has 2 aromatic rings. The number of nitrogens with zero attached hydrogens (tertiary/aromatic N) is 4. The molecule has 1 aliphatic heterocycles. The minimum Gasteiger partial charge on any atom is -0.373 e. The standard InChI is InChI=1S/C19H25N5O/c1-23(17-5-3-2-4-6-17)14-11-22-19(25)16-7-12-24(13-8-16)18-15-20-9-10-21-18/h2-6,9-10,15-16H,7-8,11-14H2,1H3,(H,22,25). The summed E-state index contributed by atoms with van der Waals surface area (Å²) < 4.78 is 0. The summed E-state index contributed by atoms with van der Waals surface area (Å²) >= 11 is 0. The Balaban J connectivity index is 1.39. The van der Waals surface area contributed by atoms with Crippen molar-refractivity contribution in [1.29, 1.82) is 0 Å². The maximum Gasteiger partial charge on any atom is 0.223 e. The van der Waals surface area contributed by atoms with E-state index in [1.165, 1.54) is 0 Å². The molecule has 6 nitrogen and oxygen atoms in total. The second-order valence-corrected chi connectivity index (χ2v) is 6.37. The fourth-order valence-corrected chi connectivity index (χ4v) is 3.13. The SMILES string of the molecule is CN(CCNC(=O)C1CCN(c2cnccn2)CC1)c1ccccc1. The van der Waals surface area contributed by atoms with E-state index in [-0.39, 0.29) is 11.8 Å². The summed E-state index contributed by atoms with van der Waals surface area (Å²) in [6, 6.07) is 10.2. The Morgan fingerprint density at radius 3 is 2.68 bits per heavy atom. The highest BCUT2D eigenvalue weighted by molar-refractivity contribution is 5.79. The van der Waals surface area contributed by atoms with Gasteiger partial charge in [0.25, 0.3) is 0 Å². The van der Waals surface area contributed by atoms with E-state index in [4.69, 9.17) is 0 Å². The third-order valence-corrected chi connectivity index (χ3v) is 4.68. The van der Waals surface area contributed by atoms with Crippen molar-refractivity contribution in [3.8, 4) is 0 Å². The third kappa shape index (κ3) is 4.68. The number of piperidine rings is 1. The van der Waals surface area contributed by atoms with Gasteiger partial charge in [0.15, 0.2) is 0 Å². The van der Waals surface area contributed by atoms with Crippen LogP contribution in [0.25, 0.3) is 0 Å². The number of hydrogen-bond acceptors (Lipinski definition) is 5. The topological polar surface area (TPSA) is 61.4 Å². The van der Waals surface area contributed by atoms with Crippen molar-refractivity contribution >= 4 is 17.4 Å². The molecule has 1 aromatic carbocycles. The van der Waals surface area contributed by atoms with Crippen LogP contribution in [-0.4, -0.2) is 49.1 Å². The van der Waals surface area contributed by atoms with Gasteiger partial charge in [-0.3, -0.25) is 9.78 Å². The van der Waals surface area contributed by atoms with Crippen LogP contribution in [0.4, 0.5) is 11.5 Å². The lowest BCUT2D eigenvalue weighted by atomic mass is 9.96. The molecule has 1 aliphatic rings. The summed E-state index contributed by atoms with van der Waals surface area (Å²) in [7, 11) is 2.04. The van der Waals surface area contributed by atoms with Crippen LogP contribution >= 0.6 is 0 Å². The van der Waals surface area contributed by atoms with Gasteiger partial charge in [0.05, 0.1) is 6.20 Å². The van der Waals surface area contributed by atoms with E-state index in [1.54, 1.807) is 18.6 Å². The highest BCUT2D eigenvalue weighted by atomic mass is 16.1. The average Bonchev–Trinajstić information content (AvgIpc) is 2.69. The average molecular weight is 339 g/mol. The summed E-state index contributed by atoms with van der Waals surface area (Å²) in [6.45, 7) is 3.16. The van der Waals surface area contributed by atoms with Crippen molar-refractivity contribution in [3.63, 3.8) is 0 Å². The zero-order valence-electron chi connectivity index (χ0n) is 14.6. The van der Waals surface area contributed by atoms with Gasteiger partial charge in [-0.25, -0.2) is 4.98 Å². The molecule has 1 saturated heterocycles. The molecule has 3 rings (SSSR count). The van der Waals surface area contributed by atoms with Crippen LogP contribution in [0.5, 0.6) is 0 Å². The summed E-state index contributed by atoms with van der Waals surface area (Å²) in [5.41, 5.74) is 1.16. The lowest BCUT2D eigenvalue weighted by molar-refractivity contribution is -0.125. The van der Waals surface area contributed by atoms with Crippen LogP contribution in [0, 0.1) is 5.92 Å². The molecular weight excluding hydrogens is 314 g/mol. The van der Waals surface area contributed by atoms with Crippen molar-refractivity contribution in [2.45, 2.75) is 12.8 Å². The zero-order chi connectivity index (χ0) is 17.5. The molecule has 0 radical (unpaired) electrons. The molecule has 0 unspecified atom stereocenters. The number of likely N-dealkylation sites (N-methyl/N-ethyl adjacent to an activating group) is 1. The van der Waals surface area contributed by atoms with Gasteiger partial charge in [0.2, 0.25) is 5.91 Å². The van der Waals surface area contributed by atoms with Gasteiger partial charge in [-0.15, -0.1) is 0 Å². The first kappa shape index (κ1) is 17.2. The molecule has 0 aliphatic carbocycles. The monoisotopic (exact) mass is 339 g/mol. The van der Waals surface area contributed by atoms with Gasteiger partial charge < -0.3 is 15.1 Å². The number of benzene rings is 1. The molecule has 0 bridgehead atoms. The molecule has 0 atom stereocenters. The largest absolute Gasteiger partial charge is 0.373 e. The van der Waals surface area contributed by atoms with Crippen molar-refractivity contribution in [3.05, 3.63) is 48.9 Å². The van der Waals surface area contributed by atoms with E-state index >= 15 is 0 Å². The Morgan fingerprint density at radius 2 is 2.00 bits per heavy atom. The molecule has 1 aromatic heterocycles. The molecular formula is C19H25N5O. The number of aromatic nitrogens is 2. The van der Waals surface area contributed by atoms with Crippen LogP contribution < -0.4 is 15.1 Å². The van der Waals surface area contributed by atoms with Crippen LogP contribution in [0.2, 0.25) is 0 Å². The highest BCUT2D eigenvalue weighted by Gasteiger charge is 2.25. The number of carbonyl (C=O) groups excluding carboxylic acids is 1. The van der Waals surface area contributed by atoms with Gasteiger partial charge in [0, 0.05) is 57.2 Å². The number of hydrogen-bond donors (Lipinski definition) is 1. The normalized spacial score (nSPS) is 15.0. The summed E-state index contributed by atoms with van der Waals surface area (Å²) in [5, 5.41) is 3.08. The van der Waals surface area contributed by atoms with E-state index in [2.05, 4.69) is 37.2 Å². The molecule has 1 fully saturated rings. The highest BCUT2D eigenvalue weighted by Crippen LogP contribution is 2.21. The second-order valence-electron chi connectivity index (χ2n) is 6.37. The van der Waals surface area contributed by atoms with Crippen molar-refractivity contribution < 1.29 is 4.79 Å². The number of anilines is 2. The van der Waals surface area contributed by atoms with E-state index in [0.717, 1.165) is 44.0 Å². The van der Waals surface area contributed by atoms with Gasteiger partial charge in [-0.2, -0.15) is 0 Å². The van der Waals surface area contributed by atoms with Crippen LogP contribution in [-0.2, 0) is 4.79 Å². The van der Waals surface area contributed by atoms with Crippen molar-refractivity contribution in [2.24, 2.45) is 5.92 Å². The minimum atomic E-state index is 0.0925. The van der Waals surface area contributed by atoms with E-state index in [1.807, 2.05) is 25.2 Å². The number of amides is 1. The number of rotatable bonds is 6. The first-order chi connectivity index (χ1) is 12.2. The molecule has 1 N–H and O–H groups in total. The summed E-state index contributed by atoms with van der Waals surface area (Å²) in [6.07, 6.45) is 6.88. The lowest BCUT2D eigenvalue weighted by Crippen LogP contribution is -2.42. The Hall–Kier alpha value is -2.63. The Bertz CT molecular complexity index is 656. The molecule has 6 heteroatoms. The second kappa shape index (κ2) is 8.46. The van der Waals surface area contributed by atoms with Crippen molar-refractivity contribution in [2.75, 3.05) is 43.0 Å². The number of para-hydroxylation sites is 1. The van der Waals surface area contributed by atoms with Crippen LogP contribution in [0.3, 0.4) is 0 Å². The van der Waals surface area contributed by atoms with Crippen LogP contribution in [0.1, 0.15) is 12.8 Å². The molecule has 2 heterocycles. The van der Waals surface area contributed by atoms with E-state index in [0.29, 0.717) is 6.54 Å². The molecule has 132 valence electrons. The summed E-state index contributed by atoms with van der Waals surface area (Å²) in [5.74, 6) is 1.15. The first-order valence-corrected chi connectivity index (χ1v) is 8.79. The smallest absolute Gasteiger partial charge is 0.223 e. The van der Waals surface area contributed by atoms with E-state index < -0.39 is 0 Å². The van der Waals surface area contributed by atoms with Gasteiger partial charge in [-0.05, 0) is 25.0 Å². The lowest BCUT2D eigenvalue weighted by Gasteiger charge is -2.32. The minimum absolute atomic E-state index is 0.0925. The molecule has 0 spiro atoms. The predicted octanol–water partition coefficient (Wildman–Crippen LogP) is 1.95. The Morgan fingerprint density at radius 1 is 1.24 bits per heavy atom. The Labute approximate surface area is 148 Å². The maximum absolute atomic E-state index is 12.4. The zero-order valence-corrected chi connectivity index (χ0v) is 14.6. The quantitative estimate of drug-likeness (QED) is 0.871. The molecule has 25 heavy (non-hydrogen) atoms. The first-order valence-electron chi connectivity index (χ1n) is 8.79. The Kier molecular flexibility index (Phi) is 5.82. The van der Waals surface area contributed by atoms with Crippen molar-refractivity contribution in [1.82, 2.24) is 15.3 Å². The van der Waals surface area contributed by atoms with E-state index in [9.17, 15) is 4.79 Å². The maximum atomic E-state index is 12.4. The van der Waals surface area contributed by atoms with Gasteiger partial charge in [0.1, 0.15) is 5.82 Å². The molecule has 0 saturated carbocycles. The predicted molar refractivity (Wildman–Crippen MR) is 99.7 cm³/mol.